The number of ketones is 1. The maximum Gasteiger partial charge on any atom is 0.407 e. The Balaban J connectivity index is 2.34. The number of ether oxygens (including phenoxy) is 1. The molecule has 1 amide bonds. The standard InChI is InChI=1S/C13H17NO4/c1-10(16)7-12(8-15)14-13(17)18-9-11-5-3-2-4-6-11/h2-6,12,15H,7-9H2,1H3,(H,14,17)/t12-/m1/s1. The molecule has 5 heteroatoms. The van der Waals surface area contributed by atoms with Gasteiger partial charge in [0.25, 0.3) is 0 Å². The molecule has 5 nitrogen and oxygen atoms in total. The van der Waals surface area contributed by atoms with Gasteiger partial charge < -0.3 is 15.2 Å². The second kappa shape index (κ2) is 7.45. The first kappa shape index (κ1) is 14.2. The lowest BCUT2D eigenvalue weighted by molar-refractivity contribution is -0.117. The van der Waals surface area contributed by atoms with Crippen molar-refractivity contribution in [1.82, 2.24) is 5.32 Å². The largest absolute Gasteiger partial charge is 0.445 e. The van der Waals surface area contributed by atoms with Crippen LogP contribution in [0.15, 0.2) is 30.3 Å². The van der Waals surface area contributed by atoms with Crippen molar-refractivity contribution in [3.05, 3.63) is 35.9 Å². The van der Waals surface area contributed by atoms with E-state index in [0.717, 1.165) is 5.56 Å². The topological polar surface area (TPSA) is 75.6 Å². The number of nitrogens with one attached hydrogen (secondary N) is 1. The van der Waals surface area contributed by atoms with E-state index in [0.29, 0.717) is 0 Å². The van der Waals surface area contributed by atoms with Crippen molar-refractivity contribution in [1.29, 1.82) is 0 Å². The third kappa shape index (κ3) is 5.45. The molecule has 98 valence electrons. The van der Waals surface area contributed by atoms with E-state index < -0.39 is 12.1 Å². The number of rotatable bonds is 6. The Morgan fingerprint density at radius 1 is 1.33 bits per heavy atom. The van der Waals surface area contributed by atoms with Crippen LogP contribution >= 0.6 is 0 Å². The molecule has 0 unspecified atom stereocenters. The van der Waals surface area contributed by atoms with E-state index >= 15 is 0 Å². The van der Waals surface area contributed by atoms with E-state index in [2.05, 4.69) is 5.32 Å². The van der Waals surface area contributed by atoms with Crippen molar-refractivity contribution < 1.29 is 19.4 Å². The minimum atomic E-state index is -0.640. The van der Waals surface area contributed by atoms with E-state index in [1.807, 2.05) is 30.3 Å². The molecule has 0 aliphatic carbocycles. The maximum atomic E-state index is 11.4. The van der Waals surface area contributed by atoms with Crippen LogP contribution in [0.4, 0.5) is 4.79 Å². The molecular formula is C13H17NO4. The zero-order valence-electron chi connectivity index (χ0n) is 10.3. The molecule has 18 heavy (non-hydrogen) atoms. The Labute approximate surface area is 106 Å². The molecule has 0 aliphatic heterocycles. The highest BCUT2D eigenvalue weighted by Gasteiger charge is 2.14. The maximum absolute atomic E-state index is 11.4. The third-order valence-electron chi connectivity index (χ3n) is 2.29. The number of benzene rings is 1. The van der Waals surface area contributed by atoms with Gasteiger partial charge in [-0.25, -0.2) is 4.79 Å². The lowest BCUT2D eigenvalue weighted by Gasteiger charge is -2.14. The summed E-state index contributed by atoms with van der Waals surface area (Å²) in [6.45, 7) is 1.27. The summed E-state index contributed by atoms with van der Waals surface area (Å²) in [5.74, 6) is -0.0996. The molecule has 0 radical (unpaired) electrons. The summed E-state index contributed by atoms with van der Waals surface area (Å²) in [7, 11) is 0. The monoisotopic (exact) mass is 251 g/mol. The highest BCUT2D eigenvalue weighted by atomic mass is 16.5. The van der Waals surface area contributed by atoms with Gasteiger partial charge in [0.1, 0.15) is 12.4 Å². The number of hydrogen-bond donors (Lipinski definition) is 2. The normalized spacial score (nSPS) is 11.7. The first-order valence-electron chi connectivity index (χ1n) is 5.69. The summed E-state index contributed by atoms with van der Waals surface area (Å²) in [6.07, 6.45) is -0.545. The SMILES string of the molecule is CC(=O)C[C@H](CO)NC(=O)OCc1ccccc1. The fourth-order valence-corrected chi connectivity index (χ4v) is 1.44. The number of Topliss-reactive ketones (excluding diaryl/α,β-unsaturated/α-hetero) is 1. The molecule has 0 spiro atoms. The molecule has 1 aromatic carbocycles. The van der Waals surface area contributed by atoms with Crippen LogP contribution in [-0.4, -0.2) is 29.6 Å². The number of carbonyl (C=O) groups excluding carboxylic acids is 2. The van der Waals surface area contributed by atoms with E-state index in [4.69, 9.17) is 9.84 Å². The highest BCUT2D eigenvalue weighted by molar-refractivity contribution is 5.77. The summed E-state index contributed by atoms with van der Waals surface area (Å²) in [6, 6.07) is 8.66. The first-order valence-corrected chi connectivity index (χ1v) is 5.69. The average molecular weight is 251 g/mol. The summed E-state index contributed by atoms with van der Waals surface area (Å²) in [4.78, 5) is 22.3. The highest BCUT2D eigenvalue weighted by Crippen LogP contribution is 2.01. The van der Waals surface area contributed by atoms with Crippen LogP contribution in [0.1, 0.15) is 18.9 Å². The molecule has 0 fully saturated rings. The first-order chi connectivity index (χ1) is 8.61. The van der Waals surface area contributed by atoms with E-state index in [-0.39, 0.29) is 25.4 Å². The predicted molar refractivity (Wildman–Crippen MR) is 65.9 cm³/mol. The third-order valence-corrected chi connectivity index (χ3v) is 2.29. The molecule has 0 aromatic heterocycles. The van der Waals surface area contributed by atoms with Crippen LogP contribution in [-0.2, 0) is 16.1 Å². The van der Waals surface area contributed by atoms with Crippen LogP contribution in [0.25, 0.3) is 0 Å². The lowest BCUT2D eigenvalue weighted by atomic mass is 10.2. The Morgan fingerprint density at radius 3 is 2.56 bits per heavy atom. The molecule has 0 aliphatic rings. The molecule has 1 atom stereocenters. The van der Waals surface area contributed by atoms with Crippen molar-refractivity contribution in [2.45, 2.75) is 26.0 Å². The molecule has 0 saturated heterocycles. The van der Waals surface area contributed by atoms with E-state index in [1.165, 1.54) is 6.92 Å². The van der Waals surface area contributed by atoms with Gasteiger partial charge in [-0.3, -0.25) is 4.79 Å². The van der Waals surface area contributed by atoms with Crippen molar-refractivity contribution in [2.75, 3.05) is 6.61 Å². The molecule has 1 aromatic rings. The molecule has 0 saturated carbocycles. The molecule has 0 heterocycles. The van der Waals surface area contributed by atoms with Gasteiger partial charge in [0.2, 0.25) is 0 Å². The van der Waals surface area contributed by atoms with Gasteiger partial charge in [0.15, 0.2) is 0 Å². The number of amides is 1. The van der Waals surface area contributed by atoms with Crippen LogP contribution in [0.2, 0.25) is 0 Å². The van der Waals surface area contributed by atoms with Crippen LogP contribution in [0.3, 0.4) is 0 Å². The van der Waals surface area contributed by atoms with Gasteiger partial charge in [0.05, 0.1) is 12.6 Å². The second-order valence-electron chi connectivity index (χ2n) is 3.99. The van der Waals surface area contributed by atoms with Gasteiger partial charge in [0, 0.05) is 6.42 Å². The van der Waals surface area contributed by atoms with Crippen molar-refractivity contribution >= 4 is 11.9 Å². The van der Waals surface area contributed by atoms with E-state index in [1.54, 1.807) is 0 Å². The number of hydrogen-bond acceptors (Lipinski definition) is 4. The van der Waals surface area contributed by atoms with Gasteiger partial charge in [-0.1, -0.05) is 30.3 Å². The minimum Gasteiger partial charge on any atom is -0.445 e. The smallest absolute Gasteiger partial charge is 0.407 e. The van der Waals surface area contributed by atoms with Gasteiger partial charge >= 0.3 is 6.09 Å². The molecule has 1 rings (SSSR count). The number of carbonyl (C=O) groups is 2. The van der Waals surface area contributed by atoms with Gasteiger partial charge in [-0.05, 0) is 12.5 Å². The second-order valence-corrected chi connectivity index (χ2v) is 3.99. The number of alkyl carbamates (subject to hydrolysis) is 1. The quantitative estimate of drug-likeness (QED) is 0.798. The minimum absolute atomic E-state index is 0.0942. The Hall–Kier alpha value is -1.88. The van der Waals surface area contributed by atoms with Crippen LogP contribution in [0, 0.1) is 0 Å². The Morgan fingerprint density at radius 2 is 2.00 bits per heavy atom. The summed E-state index contributed by atoms with van der Waals surface area (Å²) < 4.78 is 4.97. The fourth-order valence-electron chi connectivity index (χ4n) is 1.44. The molecule has 2 N–H and O–H groups in total. The van der Waals surface area contributed by atoms with Crippen molar-refractivity contribution in [3.8, 4) is 0 Å². The zero-order valence-corrected chi connectivity index (χ0v) is 10.3. The molecular weight excluding hydrogens is 234 g/mol. The zero-order chi connectivity index (χ0) is 13.4. The van der Waals surface area contributed by atoms with Crippen molar-refractivity contribution in [3.63, 3.8) is 0 Å². The lowest BCUT2D eigenvalue weighted by Crippen LogP contribution is -2.39. The van der Waals surface area contributed by atoms with E-state index in [9.17, 15) is 9.59 Å². The fraction of sp³-hybridized carbons (Fsp3) is 0.385. The summed E-state index contributed by atoms with van der Waals surface area (Å²) in [5, 5.41) is 11.4. The number of aliphatic hydroxyl groups is 1. The Bertz CT molecular complexity index is 391. The Kier molecular flexibility index (Phi) is 5.87. The number of aliphatic hydroxyl groups excluding tert-OH is 1. The average Bonchev–Trinajstić information content (AvgIpc) is 2.36. The van der Waals surface area contributed by atoms with Crippen molar-refractivity contribution in [2.24, 2.45) is 0 Å². The van der Waals surface area contributed by atoms with Gasteiger partial charge in [-0.15, -0.1) is 0 Å². The predicted octanol–water partition coefficient (Wildman–Crippen LogP) is 1.25. The van der Waals surface area contributed by atoms with Crippen LogP contribution < -0.4 is 5.32 Å². The summed E-state index contributed by atoms with van der Waals surface area (Å²) in [5.41, 5.74) is 0.875. The van der Waals surface area contributed by atoms with Gasteiger partial charge in [-0.2, -0.15) is 0 Å². The molecule has 0 bridgehead atoms. The summed E-state index contributed by atoms with van der Waals surface area (Å²) >= 11 is 0. The van der Waals surface area contributed by atoms with Crippen LogP contribution in [0.5, 0.6) is 0 Å².